The van der Waals surface area contributed by atoms with Gasteiger partial charge in [0.2, 0.25) is 15.9 Å². The zero-order chi connectivity index (χ0) is 19.4. The number of piperidine rings is 1. The average molecular weight is 424 g/mol. The molecule has 2 fully saturated rings. The molecule has 0 aliphatic carbocycles. The van der Waals surface area contributed by atoms with Crippen LogP contribution in [-0.2, 0) is 14.8 Å². The van der Waals surface area contributed by atoms with Gasteiger partial charge < -0.3 is 9.15 Å². The Hall–Kier alpha value is -1.42. The molecule has 0 amide bonds. The highest BCUT2D eigenvalue weighted by molar-refractivity contribution is 7.99. The van der Waals surface area contributed by atoms with Crippen LogP contribution >= 0.6 is 11.8 Å². The molecule has 9 heteroatoms. The molecule has 0 bridgehead atoms. The van der Waals surface area contributed by atoms with E-state index in [1.807, 2.05) is 0 Å². The average Bonchev–Trinajstić information content (AvgIpc) is 3.23. The molecule has 2 saturated heterocycles. The van der Waals surface area contributed by atoms with Crippen molar-refractivity contribution in [2.45, 2.75) is 54.7 Å². The highest BCUT2D eigenvalue weighted by Gasteiger charge is 2.26. The lowest BCUT2D eigenvalue weighted by Crippen LogP contribution is -2.35. The predicted molar refractivity (Wildman–Crippen MR) is 107 cm³/mol. The lowest BCUT2D eigenvalue weighted by atomic mass is 10.1. The van der Waals surface area contributed by atoms with Crippen LogP contribution in [0.3, 0.4) is 0 Å². The molecule has 1 aromatic heterocycles. The summed E-state index contributed by atoms with van der Waals surface area (Å²) in [5.41, 5.74) is 0.617. The second-order valence-electron chi connectivity index (χ2n) is 7.17. The Balaban J connectivity index is 1.46. The van der Waals surface area contributed by atoms with Crippen LogP contribution in [0, 0.1) is 0 Å². The first-order valence-electron chi connectivity index (χ1n) is 9.81. The Labute approximate surface area is 169 Å². The molecule has 7 nitrogen and oxygen atoms in total. The van der Waals surface area contributed by atoms with E-state index in [-0.39, 0.29) is 11.0 Å². The van der Waals surface area contributed by atoms with Crippen LogP contribution in [-0.4, -0.2) is 54.5 Å². The van der Waals surface area contributed by atoms with Gasteiger partial charge in [-0.2, -0.15) is 4.31 Å². The summed E-state index contributed by atoms with van der Waals surface area (Å²) in [6.07, 6.45) is 6.51. The summed E-state index contributed by atoms with van der Waals surface area (Å²) in [4.78, 5) is 0.273. The maximum Gasteiger partial charge on any atom is 0.276 e. The van der Waals surface area contributed by atoms with Gasteiger partial charge in [0.1, 0.15) is 0 Å². The van der Waals surface area contributed by atoms with E-state index in [1.165, 1.54) is 18.2 Å². The molecule has 3 heterocycles. The molecule has 1 aromatic carbocycles. The van der Waals surface area contributed by atoms with Gasteiger partial charge in [0, 0.05) is 31.0 Å². The van der Waals surface area contributed by atoms with E-state index in [1.54, 1.807) is 28.6 Å². The molecular weight excluding hydrogens is 398 g/mol. The quantitative estimate of drug-likeness (QED) is 0.657. The summed E-state index contributed by atoms with van der Waals surface area (Å²) in [5.74, 6) is 1.12. The van der Waals surface area contributed by atoms with Gasteiger partial charge in [0.05, 0.1) is 11.0 Å². The number of hydrogen-bond donors (Lipinski definition) is 0. The van der Waals surface area contributed by atoms with E-state index < -0.39 is 10.0 Å². The van der Waals surface area contributed by atoms with Crippen LogP contribution in [0.1, 0.15) is 38.5 Å². The molecule has 2 aliphatic rings. The van der Waals surface area contributed by atoms with Crippen LogP contribution in [0.4, 0.5) is 0 Å². The zero-order valence-corrected chi connectivity index (χ0v) is 17.4. The standard InChI is InChI=1S/C19H25N3O4S2/c23-28(24,22-10-3-1-4-11-22)17-9-6-7-15(13-17)18-20-21-19(26-18)27-14-16-8-2-5-12-25-16/h6-7,9,13,16H,1-5,8,10-12,14H2/t16-/m0/s1. The first-order chi connectivity index (χ1) is 13.6. The highest BCUT2D eigenvalue weighted by Crippen LogP contribution is 2.28. The smallest absolute Gasteiger partial charge is 0.276 e. The third-order valence-corrected chi connectivity index (χ3v) is 7.95. The van der Waals surface area contributed by atoms with E-state index in [0.717, 1.165) is 44.5 Å². The minimum Gasteiger partial charge on any atom is -0.411 e. The fourth-order valence-corrected chi connectivity index (χ4v) is 5.92. The molecule has 0 N–H and O–H groups in total. The minimum atomic E-state index is -3.49. The van der Waals surface area contributed by atoms with E-state index in [4.69, 9.17) is 9.15 Å². The van der Waals surface area contributed by atoms with Crippen molar-refractivity contribution in [3.63, 3.8) is 0 Å². The SMILES string of the molecule is O=S(=O)(c1cccc(-c2nnc(SC[C@@H]3CCCCO3)o2)c1)N1CCCCC1. The summed E-state index contributed by atoms with van der Waals surface area (Å²) >= 11 is 1.48. The molecule has 0 radical (unpaired) electrons. The number of sulfonamides is 1. The number of hydrogen-bond acceptors (Lipinski definition) is 7. The molecule has 0 saturated carbocycles. The molecule has 0 spiro atoms. The highest BCUT2D eigenvalue weighted by atomic mass is 32.2. The minimum absolute atomic E-state index is 0.229. The van der Waals surface area contributed by atoms with Crippen molar-refractivity contribution in [3.05, 3.63) is 24.3 Å². The van der Waals surface area contributed by atoms with Crippen LogP contribution in [0.25, 0.3) is 11.5 Å². The van der Waals surface area contributed by atoms with Gasteiger partial charge in [-0.15, -0.1) is 10.2 Å². The lowest BCUT2D eigenvalue weighted by Gasteiger charge is -2.25. The second kappa shape index (κ2) is 8.94. The van der Waals surface area contributed by atoms with E-state index in [2.05, 4.69) is 10.2 Å². The molecule has 152 valence electrons. The Bertz CT molecular complexity index is 888. The first-order valence-corrected chi connectivity index (χ1v) is 12.2. The largest absolute Gasteiger partial charge is 0.411 e. The number of ether oxygens (including phenoxy) is 1. The van der Waals surface area contributed by atoms with E-state index in [0.29, 0.717) is 29.8 Å². The zero-order valence-electron chi connectivity index (χ0n) is 15.7. The van der Waals surface area contributed by atoms with Crippen LogP contribution in [0.15, 0.2) is 38.8 Å². The third kappa shape index (κ3) is 4.59. The normalized spacial score (nSPS) is 21.6. The van der Waals surface area contributed by atoms with Crippen molar-refractivity contribution in [2.75, 3.05) is 25.4 Å². The number of aromatic nitrogens is 2. The third-order valence-electron chi connectivity index (χ3n) is 5.11. The molecule has 2 aliphatic heterocycles. The van der Waals surface area contributed by atoms with Gasteiger partial charge in [0.15, 0.2) is 0 Å². The van der Waals surface area contributed by atoms with Crippen molar-refractivity contribution >= 4 is 21.8 Å². The van der Waals surface area contributed by atoms with Gasteiger partial charge in [-0.3, -0.25) is 0 Å². The van der Waals surface area contributed by atoms with Gasteiger partial charge in [-0.25, -0.2) is 8.42 Å². The van der Waals surface area contributed by atoms with Crippen LogP contribution in [0.5, 0.6) is 0 Å². The molecule has 2 aromatic rings. The van der Waals surface area contributed by atoms with Crippen molar-refractivity contribution < 1.29 is 17.6 Å². The number of rotatable bonds is 6. The van der Waals surface area contributed by atoms with Gasteiger partial charge in [-0.05, 0) is 50.3 Å². The summed E-state index contributed by atoms with van der Waals surface area (Å²) in [6, 6.07) is 6.76. The molecule has 28 heavy (non-hydrogen) atoms. The fourth-order valence-electron chi connectivity index (χ4n) is 3.53. The Morgan fingerprint density at radius 1 is 1.11 bits per heavy atom. The monoisotopic (exact) mass is 423 g/mol. The summed E-state index contributed by atoms with van der Waals surface area (Å²) in [7, 11) is -3.49. The maximum absolute atomic E-state index is 12.9. The topological polar surface area (TPSA) is 85.5 Å². The summed E-state index contributed by atoms with van der Waals surface area (Å²) < 4.78 is 38.8. The van der Waals surface area contributed by atoms with Gasteiger partial charge in [0.25, 0.3) is 5.22 Å². The van der Waals surface area contributed by atoms with Crippen LogP contribution in [0.2, 0.25) is 0 Å². The Kier molecular flexibility index (Phi) is 6.35. The second-order valence-corrected chi connectivity index (χ2v) is 10.1. The van der Waals surface area contributed by atoms with Crippen LogP contribution < -0.4 is 0 Å². The van der Waals surface area contributed by atoms with E-state index in [9.17, 15) is 8.42 Å². The summed E-state index contributed by atoms with van der Waals surface area (Å²) in [6.45, 7) is 1.98. The van der Waals surface area contributed by atoms with Crippen molar-refractivity contribution in [1.29, 1.82) is 0 Å². The number of nitrogens with zero attached hydrogens (tertiary/aromatic N) is 3. The Morgan fingerprint density at radius 3 is 2.75 bits per heavy atom. The Morgan fingerprint density at radius 2 is 1.96 bits per heavy atom. The molecule has 1 atom stereocenters. The van der Waals surface area contributed by atoms with Gasteiger partial charge >= 0.3 is 0 Å². The maximum atomic E-state index is 12.9. The summed E-state index contributed by atoms with van der Waals surface area (Å²) in [5, 5.41) is 8.67. The predicted octanol–water partition coefficient (Wildman–Crippen LogP) is 3.57. The number of benzene rings is 1. The van der Waals surface area contributed by atoms with Gasteiger partial charge in [-0.1, -0.05) is 24.2 Å². The lowest BCUT2D eigenvalue weighted by molar-refractivity contribution is 0.0314. The van der Waals surface area contributed by atoms with Crippen molar-refractivity contribution in [2.24, 2.45) is 0 Å². The van der Waals surface area contributed by atoms with E-state index >= 15 is 0 Å². The molecule has 0 unspecified atom stereocenters. The van der Waals surface area contributed by atoms with Crippen molar-refractivity contribution in [1.82, 2.24) is 14.5 Å². The van der Waals surface area contributed by atoms with Crippen molar-refractivity contribution in [3.8, 4) is 11.5 Å². The fraction of sp³-hybridized carbons (Fsp3) is 0.579. The molecular formula is C19H25N3O4S2. The first kappa shape index (κ1) is 19.9. The molecule has 4 rings (SSSR count). The number of thioether (sulfide) groups is 1.